The third-order valence-corrected chi connectivity index (χ3v) is 2.61. The first-order chi connectivity index (χ1) is 6.66. The second-order valence-corrected chi connectivity index (χ2v) is 4.00. The minimum Gasteiger partial charge on any atom is -0.398 e. The average molecular weight is 192 g/mol. The first-order valence-electron chi connectivity index (χ1n) is 4.93. The minimum atomic E-state index is -0.273. The van der Waals surface area contributed by atoms with Crippen molar-refractivity contribution >= 4 is 5.69 Å². The largest absolute Gasteiger partial charge is 0.398 e. The summed E-state index contributed by atoms with van der Waals surface area (Å²) in [4.78, 5) is 2.21. The van der Waals surface area contributed by atoms with E-state index in [9.17, 15) is 5.11 Å². The molecule has 76 valence electrons. The van der Waals surface area contributed by atoms with Gasteiger partial charge in [-0.1, -0.05) is 12.1 Å². The molecule has 1 aromatic carbocycles. The van der Waals surface area contributed by atoms with Gasteiger partial charge in [-0.3, -0.25) is 4.90 Å². The molecule has 3 heteroatoms. The number of anilines is 1. The lowest BCUT2D eigenvalue weighted by Gasteiger charge is -2.16. The van der Waals surface area contributed by atoms with Crippen LogP contribution in [0.3, 0.4) is 0 Å². The lowest BCUT2D eigenvalue weighted by atomic mass is 10.1. The van der Waals surface area contributed by atoms with Gasteiger partial charge < -0.3 is 10.8 Å². The van der Waals surface area contributed by atoms with Crippen LogP contribution >= 0.6 is 0 Å². The molecule has 3 N–H and O–H groups in total. The number of hydrogen-bond donors (Lipinski definition) is 2. The molecule has 2 rings (SSSR count). The van der Waals surface area contributed by atoms with E-state index in [2.05, 4.69) is 11.0 Å². The standard InChI is InChI=1S/C11H16N2O/c1-8(14)5-13-6-9-3-2-4-11(12)10(9)7-13/h2-4,8,14H,5-7,12H2,1H3. The Labute approximate surface area is 84.1 Å². The van der Waals surface area contributed by atoms with E-state index in [-0.39, 0.29) is 6.10 Å². The first kappa shape index (κ1) is 9.49. The van der Waals surface area contributed by atoms with Crippen molar-refractivity contribution in [3.63, 3.8) is 0 Å². The molecule has 1 unspecified atom stereocenters. The van der Waals surface area contributed by atoms with Crippen molar-refractivity contribution in [1.82, 2.24) is 4.90 Å². The summed E-state index contributed by atoms with van der Waals surface area (Å²) in [6.45, 7) is 4.30. The number of nitrogens with two attached hydrogens (primary N) is 1. The van der Waals surface area contributed by atoms with E-state index in [1.54, 1.807) is 0 Å². The van der Waals surface area contributed by atoms with Gasteiger partial charge in [-0.15, -0.1) is 0 Å². The Morgan fingerprint density at radius 3 is 2.93 bits per heavy atom. The maximum Gasteiger partial charge on any atom is 0.0639 e. The van der Waals surface area contributed by atoms with Crippen molar-refractivity contribution in [2.45, 2.75) is 26.1 Å². The van der Waals surface area contributed by atoms with Crippen LogP contribution in [0, 0.1) is 0 Å². The van der Waals surface area contributed by atoms with E-state index >= 15 is 0 Å². The number of benzene rings is 1. The number of aliphatic hydroxyl groups excluding tert-OH is 1. The number of nitrogens with zero attached hydrogens (tertiary/aromatic N) is 1. The van der Waals surface area contributed by atoms with Gasteiger partial charge in [-0.2, -0.15) is 0 Å². The van der Waals surface area contributed by atoms with Crippen LogP contribution in [0.4, 0.5) is 5.69 Å². The zero-order valence-electron chi connectivity index (χ0n) is 8.40. The number of β-amino-alcohol motifs (C(OH)–C–C–N with tert-alkyl or cyclic N) is 1. The molecule has 0 saturated carbocycles. The Hall–Kier alpha value is -1.06. The van der Waals surface area contributed by atoms with Gasteiger partial charge in [0.15, 0.2) is 0 Å². The third kappa shape index (κ3) is 1.74. The topological polar surface area (TPSA) is 49.5 Å². The summed E-state index contributed by atoms with van der Waals surface area (Å²) in [6, 6.07) is 6.03. The fourth-order valence-corrected chi connectivity index (χ4v) is 2.02. The van der Waals surface area contributed by atoms with E-state index in [1.807, 2.05) is 19.1 Å². The first-order valence-corrected chi connectivity index (χ1v) is 4.93. The highest BCUT2D eigenvalue weighted by Gasteiger charge is 2.21. The fourth-order valence-electron chi connectivity index (χ4n) is 2.02. The molecular formula is C11H16N2O. The molecule has 1 aliphatic rings. The molecule has 0 aliphatic carbocycles. The summed E-state index contributed by atoms with van der Waals surface area (Å²) in [5.74, 6) is 0. The normalized spacial score (nSPS) is 18.1. The number of aliphatic hydroxyl groups is 1. The molecule has 1 heterocycles. The Morgan fingerprint density at radius 2 is 2.29 bits per heavy atom. The molecular weight excluding hydrogens is 176 g/mol. The molecule has 1 aliphatic heterocycles. The van der Waals surface area contributed by atoms with Crippen molar-refractivity contribution in [1.29, 1.82) is 0 Å². The number of fused-ring (bicyclic) bond motifs is 1. The molecule has 0 saturated heterocycles. The summed E-state index contributed by atoms with van der Waals surface area (Å²) in [6.07, 6.45) is -0.273. The highest BCUT2D eigenvalue weighted by Crippen LogP contribution is 2.27. The van der Waals surface area contributed by atoms with Gasteiger partial charge in [0.25, 0.3) is 0 Å². The second-order valence-electron chi connectivity index (χ2n) is 4.00. The number of rotatable bonds is 2. The summed E-state index contributed by atoms with van der Waals surface area (Å²) in [5.41, 5.74) is 9.27. The van der Waals surface area contributed by atoms with E-state index in [1.165, 1.54) is 11.1 Å². The van der Waals surface area contributed by atoms with Crippen molar-refractivity contribution in [2.75, 3.05) is 12.3 Å². The van der Waals surface area contributed by atoms with E-state index in [0.29, 0.717) is 6.54 Å². The van der Waals surface area contributed by atoms with Gasteiger partial charge in [-0.25, -0.2) is 0 Å². The lowest BCUT2D eigenvalue weighted by Crippen LogP contribution is -2.25. The van der Waals surface area contributed by atoms with Crippen LogP contribution in [0.25, 0.3) is 0 Å². The molecule has 14 heavy (non-hydrogen) atoms. The van der Waals surface area contributed by atoms with Crippen molar-refractivity contribution in [2.24, 2.45) is 0 Å². The predicted octanol–water partition coefficient (Wildman–Crippen LogP) is 0.965. The Kier molecular flexibility index (Phi) is 2.44. The average Bonchev–Trinajstić information content (AvgIpc) is 2.47. The van der Waals surface area contributed by atoms with Crippen LogP contribution in [-0.4, -0.2) is 22.7 Å². The molecule has 0 bridgehead atoms. The van der Waals surface area contributed by atoms with Crippen molar-refractivity contribution in [3.05, 3.63) is 29.3 Å². The monoisotopic (exact) mass is 192 g/mol. The second kappa shape index (κ2) is 3.59. The minimum absolute atomic E-state index is 0.273. The smallest absolute Gasteiger partial charge is 0.0639 e. The molecule has 0 spiro atoms. The molecule has 3 nitrogen and oxygen atoms in total. The highest BCUT2D eigenvalue weighted by molar-refractivity contribution is 5.52. The Balaban J connectivity index is 2.14. The predicted molar refractivity (Wildman–Crippen MR) is 56.6 cm³/mol. The number of hydrogen-bond acceptors (Lipinski definition) is 3. The zero-order valence-corrected chi connectivity index (χ0v) is 8.40. The lowest BCUT2D eigenvalue weighted by molar-refractivity contribution is 0.126. The molecule has 0 fully saturated rings. The van der Waals surface area contributed by atoms with Gasteiger partial charge in [0, 0.05) is 25.3 Å². The Bertz CT molecular complexity index is 336. The summed E-state index contributed by atoms with van der Waals surface area (Å²) in [7, 11) is 0. The Morgan fingerprint density at radius 1 is 1.50 bits per heavy atom. The molecule has 0 amide bonds. The highest BCUT2D eigenvalue weighted by atomic mass is 16.3. The van der Waals surface area contributed by atoms with Gasteiger partial charge in [-0.05, 0) is 24.1 Å². The van der Waals surface area contributed by atoms with Gasteiger partial charge in [0.05, 0.1) is 6.10 Å². The zero-order chi connectivity index (χ0) is 10.1. The SMILES string of the molecule is CC(O)CN1Cc2cccc(N)c2C1. The summed E-state index contributed by atoms with van der Waals surface area (Å²) < 4.78 is 0. The van der Waals surface area contributed by atoms with Gasteiger partial charge >= 0.3 is 0 Å². The van der Waals surface area contributed by atoms with Crippen LogP contribution in [0.2, 0.25) is 0 Å². The van der Waals surface area contributed by atoms with Crippen molar-refractivity contribution in [3.8, 4) is 0 Å². The van der Waals surface area contributed by atoms with Gasteiger partial charge in [0.1, 0.15) is 0 Å². The molecule has 0 radical (unpaired) electrons. The van der Waals surface area contributed by atoms with Crippen LogP contribution in [0.15, 0.2) is 18.2 Å². The van der Waals surface area contributed by atoms with Crippen LogP contribution in [-0.2, 0) is 13.1 Å². The van der Waals surface area contributed by atoms with Crippen LogP contribution < -0.4 is 5.73 Å². The maximum absolute atomic E-state index is 9.29. The number of nitrogen functional groups attached to an aromatic ring is 1. The maximum atomic E-state index is 9.29. The van der Waals surface area contributed by atoms with Crippen LogP contribution in [0.1, 0.15) is 18.1 Å². The fraction of sp³-hybridized carbons (Fsp3) is 0.455. The van der Waals surface area contributed by atoms with Crippen molar-refractivity contribution < 1.29 is 5.11 Å². The summed E-state index contributed by atoms with van der Waals surface area (Å²) >= 11 is 0. The third-order valence-electron chi connectivity index (χ3n) is 2.61. The van der Waals surface area contributed by atoms with Crippen LogP contribution in [0.5, 0.6) is 0 Å². The van der Waals surface area contributed by atoms with E-state index < -0.39 is 0 Å². The molecule has 1 atom stereocenters. The molecule has 0 aromatic heterocycles. The van der Waals surface area contributed by atoms with E-state index in [4.69, 9.17) is 5.73 Å². The quantitative estimate of drug-likeness (QED) is 0.686. The summed E-state index contributed by atoms with van der Waals surface area (Å²) in [5, 5.41) is 9.29. The van der Waals surface area contributed by atoms with Gasteiger partial charge in [0.2, 0.25) is 0 Å². The molecule has 1 aromatic rings. The van der Waals surface area contributed by atoms with E-state index in [0.717, 1.165) is 18.8 Å².